The Kier molecular flexibility index (Phi) is 11.8. The van der Waals surface area contributed by atoms with E-state index in [1.165, 1.54) is 0 Å². The Morgan fingerprint density at radius 3 is 2.40 bits per heavy atom. The van der Waals surface area contributed by atoms with Gasteiger partial charge in [0.1, 0.15) is 22.9 Å². The van der Waals surface area contributed by atoms with Gasteiger partial charge < -0.3 is 30.3 Å². The van der Waals surface area contributed by atoms with Crippen molar-refractivity contribution in [2.75, 3.05) is 13.2 Å². The van der Waals surface area contributed by atoms with Crippen LogP contribution < -0.4 is 10.6 Å². The van der Waals surface area contributed by atoms with E-state index in [4.69, 9.17) is 9.47 Å². The second-order valence-corrected chi connectivity index (χ2v) is 11.6. The Morgan fingerprint density at radius 1 is 1.17 bits per heavy atom. The summed E-state index contributed by atoms with van der Waals surface area (Å²) in [5.41, 5.74) is -2.11. The van der Waals surface area contributed by atoms with Crippen molar-refractivity contribution >= 4 is 23.9 Å². The molecule has 0 aromatic heterocycles. The molecule has 0 unspecified atom stereocenters. The van der Waals surface area contributed by atoms with E-state index in [1.54, 1.807) is 39.1 Å². The maximum atomic E-state index is 13.2. The molecular weight excluding hydrogens is 563 g/mol. The first-order valence-corrected chi connectivity index (χ1v) is 14.0. The minimum absolute atomic E-state index is 0.00510. The van der Waals surface area contributed by atoms with Crippen molar-refractivity contribution in [1.82, 2.24) is 15.5 Å². The van der Waals surface area contributed by atoms with Crippen LogP contribution in [0.4, 0.5) is 18.0 Å². The predicted molar refractivity (Wildman–Crippen MR) is 145 cm³/mol. The van der Waals surface area contributed by atoms with Gasteiger partial charge in [0.05, 0.1) is 25.3 Å². The van der Waals surface area contributed by atoms with Crippen LogP contribution in [0.1, 0.15) is 72.6 Å². The van der Waals surface area contributed by atoms with Gasteiger partial charge in [-0.25, -0.2) is 9.59 Å². The number of amides is 3. The molecule has 4 N–H and O–H groups in total. The third-order valence-electron chi connectivity index (χ3n) is 6.91. The van der Waals surface area contributed by atoms with E-state index in [9.17, 15) is 42.6 Å². The van der Waals surface area contributed by atoms with Gasteiger partial charge in [0.25, 0.3) is 0 Å². The van der Waals surface area contributed by atoms with Crippen LogP contribution in [0, 0.1) is 5.92 Å². The quantitative estimate of drug-likeness (QED) is 0.108. The molecule has 1 aliphatic heterocycles. The van der Waals surface area contributed by atoms with E-state index >= 15 is 0 Å². The standard InChI is InChI=1S/C28H42F3N3O8/c1-6-41-24(39)27(33-22(37)21-14-19(36)16-34(21)25(40)42-26(3,4)5)15-18(27)12-10-8-7-9-11-13-20(17(2)35)32-23(38)28(29,30)31/h10,12,18-21,35-36H,2,6-9,11,13-16H2,1,3-5H3,(H,32,38)(H,33,37)/b12-10-/t18-,19-,20+,21+,27-/m1/s1. The summed E-state index contributed by atoms with van der Waals surface area (Å²) in [6.45, 7) is 9.94. The van der Waals surface area contributed by atoms with E-state index in [0.29, 0.717) is 25.7 Å². The van der Waals surface area contributed by atoms with Gasteiger partial charge in [0, 0.05) is 12.3 Å². The number of nitrogens with one attached hydrogen (secondary N) is 2. The van der Waals surface area contributed by atoms with Crippen LogP contribution in [0.2, 0.25) is 0 Å². The SMILES string of the molecule is C=C(O)[C@H](CCCCC/C=C\[C@@H]1C[C@]1(NC(=O)[C@@H]1C[C@@H](O)CN1C(=O)OC(C)(C)C)C(=O)OCC)NC(=O)C(F)(F)F. The molecule has 1 aliphatic carbocycles. The highest BCUT2D eigenvalue weighted by molar-refractivity contribution is 5.95. The number of halogens is 3. The lowest BCUT2D eigenvalue weighted by atomic mass is 10.1. The summed E-state index contributed by atoms with van der Waals surface area (Å²) >= 11 is 0. The Hall–Kier alpha value is -3.29. The molecule has 238 valence electrons. The number of esters is 1. The third-order valence-corrected chi connectivity index (χ3v) is 6.91. The van der Waals surface area contributed by atoms with Crippen LogP contribution >= 0.6 is 0 Å². The van der Waals surface area contributed by atoms with Crippen LogP contribution in [0.25, 0.3) is 0 Å². The minimum atomic E-state index is -5.06. The molecule has 2 rings (SSSR count). The van der Waals surface area contributed by atoms with E-state index < -0.39 is 65.1 Å². The van der Waals surface area contributed by atoms with Crippen LogP contribution in [0.3, 0.4) is 0 Å². The Balaban J connectivity index is 1.92. The fourth-order valence-electron chi connectivity index (χ4n) is 4.71. The number of alkyl halides is 3. The second kappa shape index (κ2) is 14.3. The van der Waals surface area contributed by atoms with Crippen molar-refractivity contribution in [2.45, 2.75) is 108 Å². The first-order chi connectivity index (χ1) is 19.4. The lowest BCUT2D eigenvalue weighted by Crippen LogP contribution is -2.54. The van der Waals surface area contributed by atoms with Gasteiger partial charge in [0.2, 0.25) is 5.91 Å². The Labute approximate surface area is 243 Å². The van der Waals surface area contributed by atoms with Gasteiger partial charge in [-0.2, -0.15) is 13.2 Å². The zero-order valence-corrected chi connectivity index (χ0v) is 24.5. The summed E-state index contributed by atoms with van der Waals surface area (Å²) in [5, 5.41) is 24.1. The molecule has 0 spiro atoms. The molecule has 2 fully saturated rings. The number of likely N-dealkylation sites (tertiary alicyclic amines) is 1. The lowest BCUT2D eigenvalue weighted by molar-refractivity contribution is -0.174. The van der Waals surface area contributed by atoms with Gasteiger partial charge in [0.15, 0.2) is 0 Å². The fourth-order valence-corrected chi connectivity index (χ4v) is 4.71. The van der Waals surface area contributed by atoms with Crippen LogP contribution in [0.5, 0.6) is 0 Å². The number of carbonyl (C=O) groups is 4. The summed E-state index contributed by atoms with van der Waals surface area (Å²) in [7, 11) is 0. The highest BCUT2D eigenvalue weighted by Gasteiger charge is 2.62. The smallest absolute Gasteiger partial charge is 0.471 e. The normalized spacial score (nSPS) is 24.7. The summed E-state index contributed by atoms with van der Waals surface area (Å²) in [6, 6.07) is -2.23. The molecule has 0 bridgehead atoms. The fraction of sp³-hybridized carbons (Fsp3) is 0.714. The van der Waals surface area contributed by atoms with Crippen LogP contribution in [0.15, 0.2) is 24.5 Å². The van der Waals surface area contributed by atoms with Gasteiger partial charge in [-0.1, -0.05) is 31.6 Å². The minimum Gasteiger partial charge on any atom is -0.511 e. The van der Waals surface area contributed by atoms with E-state index in [-0.39, 0.29) is 38.3 Å². The van der Waals surface area contributed by atoms with Gasteiger partial charge in [-0.05, 0) is 53.4 Å². The summed E-state index contributed by atoms with van der Waals surface area (Å²) in [4.78, 5) is 51.0. The molecule has 0 aromatic rings. The number of carbonyl (C=O) groups excluding carboxylic acids is 4. The van der Waals surface area contributed by atoms with Crippen molar-refractivity contribution in [1.29, 1.82) is 0 Å². The number of aliphatic hydroxyl groups is 2. The summed E-state index contributed by atoms with van der Waals surface area (Å²) < 4.78 is 48.0. The maximum absolute atomic E-state index is 13.2. The zero-order valence-electron chi connectivity index (χ0n) is 24.5. The van der Waals surface area contributed by atoms with Gasteiger partial charge in [-0.3, -0.25) is 14.5 Å². The molecule has 2 aliphatic rings. The molecular formula is C28H42F3N3O8. The lowest BCUT2D eigenvalue weighted by Gasteiger charge is -2.29. The molecule has 5 atom stereocenters. The van der Waals surface area contributed by atoms with Crippen molar-refractivity contribution in [3.05, 3.63) is 24.5 Å². The Morgan fingerprint density at radius 2 is 1.83 bits per heavy atom. The monoisotopic (exact) mass is 605 g/mol. The van der Waals surface area contributed by atoms with Crippen molar-refractivity contribution in [2.24, 2.45) is 5.92 Å². The Bertz CT molecular complexity index is 1040. The van der Waals surface area contributed by atoms with E-state index in [0.717, 1.165) is 4.90 Å². The van der Waals surface area contributed by atoms with Crippen molar-refractivity contribution in [3.63, 3.8) is 0 Å². The molecule has 1 saturated carbocycles. The van der Waals surface area contributed by atoms with Crippen LogP contribution in [-0.2, 0) is 23.9 Å². The van der Waals surface area contributed by atoms with Crippen molar-refractivity contribution < 1.29 is 52.0 Å². The number of aliphatic hydroxyl groups excluding tert-OH is 2. The highest BCUT2D eigenvalue weighted by Crippen LogP contribution is 2.46. The molecule has 1 saturated heterocycles. The largest absolute Gasteiger partial charge is 0.511 e. The maximum Gasteiger partial charge on any atom is 0.471 e. The number of hydrogen-bond acceptors (Lipinski definition) is 8. The second-order valence-electron chi connectivity index (χ2n) is 11.6. The summed E-state index contributed by atoms with van der Waals surface area (Å²) in [6.07, 6.45) is -0.519. The predicted octanol–water partition coefficient (Wildman–Crippen LogP) is 3.42. The third kappa shape index (κ3) is 9.92. The average molecular weight is 606 g/mol. The zero-order chi connectivity index (χ0) is 31.9. The first-order valence-electron chi connectivity index (χ1n) is 14.0. The molecule has 0 radical (unpaired) electrons. The number of β-amino-alcohol motifs (C(OH)–C–C–N with tert-alkyl or cyclic N) is 1. The molecule has 1 heterocycles. The topological polar surface area (TPSA) is 154 Å². The summed E-state index contributed by atoms with van der Waals surface area (Å²) in [5.74, 6) is -4.26. The van der Waals surface area contributed by atoms with Gasteiger partial charge >= 0.3 is 24.1 Å². The van der Waals surface area contributed by atoms with Crippen LogP contribution in [-0.4, -0.2) is 87.6 Å². The molecule has 3 amide bonds. The van der Waals surface area contributed by atoms with E-state index in [1.807, 2.05) is 6.08 Å². The number of allylic oxidation sites excluding steroid dienone is 1. The van der Waals surface area contributed by atoms with Gasteiger partial charge in [-0.15, -0.1) is 0 Å². The molecule has 42 heavy (non-hydrogen) atoms. The number of hydrogen-bond donors (Lipinski definition) is 4. The number of ether oxygens (including phenoxy) is 2. The molecule has 14 heteroatoms. The number of nitrogens with zero attached hydrogens (tertiary/aromatic N) is 1. The number of rotatable bonds is 13. The average Bonchev–Trinajstić information content (AvgIpc) is 3.40. The number of unbranched alkanes of at least 4 members (excludes halogenated alkanes) is 3. The van der Waals surface area contributed by atoms with E-state index in [2.05, 4.69) is 11.9 Å². The highest BCUT2D eigenvalue weighted by atomic mass is 19.4. The molecule has 11 nitrogen and oxygen atoms in total. The van der Waals surface area contributed by atoms with Crippen molar-refractivity contribution in [3.8, 4) is 0 Å². The molecule has 0 aromatic carbocycles. The first kappa shape index (κ1) is 34.9.